The Morgan fingerprint density at radius 2 is 2.18 bits per heavy atom. The summed E-state index contributed by atoms with van der Waals surface area (Å²) in [5.74, 6) is 0.460. The molecule has 0 unspecified atom stereocenters. The van der Waals surface area contributed by atoms with Crippen LogP contribution in [-0.2, 0) is 19.4 Å². The summed E-state index contributed by atoms with van der Waals surface area (Å²) >= 11 is 1.62. The third-order valence-corrected chi connectivity index (χ3v) is 4.66. The van der Waals surface area contributed by atoms with Crippen LogP contribution in [0, 0.1) is 6.92 Å². The maximum absolute atomic E-state index is 6.01. The highest BCUT2D eigenvalue weighted by Crippen LogP contribution is 2.27. The molecule has 0 radical (unpaired) electrons. The molecule has 2 aromatic rings. The summed E-state index contributed by atoms with van der Waals surface area (Å²) in [7, 11) is 0. The minimum absolute atomic E-state index is 0. The molecule has 0 aliphatic heterocycles. The predicted octanol–water partition coefficient (Wildman–Crippen LogP) is 3.88. The van der Waals surface area contributed by atoms with Gasteiger partial charge >= 0.3 is 0 Å². The fraction of sp³-hybridized carbons (Fsp3) is 0.375. The number of nitrogens with one attached hydrogen (secondary N) is 1. The molecule has 1 aliphatic carbocycles. The summed E-state index contributed by atoms with van der Waals surface area (Å²) in [6, 6.07) is 6.38. The zero-order valence-corrected chi connectivity index (χ0v) is 15.8. The van der Waals surface area contributed by atoms with Crippen molar-refractivity contribution in [2.75, 3.05) is 5.32 Å². The van der Waals surface area contributed by atoms with Crippen molar-refractivity contribution in [1.82, 2.24) is 4.98 Å². The molecule has 0 spiro atoms. The number of aliphatic imine (C=N–C) groups is 1. The van der Waals surface area contributed by atoms with Crippen LogP contribution in [0.4, 0.5) is 5.69 Å². The Labute approximate surface area is 152 Å². The number of benzene rings is 1. The molecule has 1 aromatic carbocycles. The van der Waals surface area contributed by atoms with Crippen molar-refractivity contribution in [3.8, 4) is 0 Å². The highest BCUT2D eigenvalue weighted by atomic mass is 127. The number of hydrogen-bond donors (Lipinski definition) is 2. The van der Waals surface area contributed by atoms with Gasteiger partial charge in [-0.1, -0.05) is 12.1 Å². The molecular weight excluding hydrogens is 407 g/mol. The quantitative estimate of drug-likeness (QED) is 0.443. The second-order valence-electron chi connectivity index (χ2n) is 5.36. The lowest BCUT2D eigenvalue weighted by Crippen LogP contribution is -2.24. The minimum atomic E-state index is 0. The molecule has 118 valence electrons. The summed E-state index contributed by atoms with van der Waals surface area (Å²) < 4.78 is 0. The van der Waals surface area contributed by atoms with Crippen molar-refractivity contribution < 1.29 is 0 Å². The van der Waals surface area contributed by atoms with Gasteiger partial charge in [0.05, 0.1) is 6.54 Å². The predicted molar refractivity (Wildman–Crippen MR) is 104 cm³/mol. The second-order valence-corrected chi connectivity index (χ2v) is 6.30. The lowest BCUT2D eigenvalue weighted by atomic mass is 9.90. The van der Waals surface area contributed by atoms with Gasteiger partial charge in [-0.3, -0.25) is 0 Å². The maximum atomic E-state index is 6.01. The van der Waals surface area contributed by atoms with Gasteiger partial charge in [0.25, 0.3) is 0 Å². The van der Waals surface area contributed by atoms with E-state index in [0.29, 0.717) is 12.5 Å². The molecule has 0 bridgehead atoms. The number of fused-ring (bicyclic) bond motifs is 1. The number of aryl methyl sites for hydroxylation is 2. The van der Waals surface area contributed by atoms with E-state index in [0.717, 1.165) is 22.8 Å². The van der Waals surface area contributed by atoms with Gasteiger partial charge in [0.1, 0.15) is 5.01 Å². The number of aromatic nitrogens is 1. The molecule has 22 heavy (non-hydrogen) atoms. The molecule has 1 heterocycles. The van der Waals surface area contributed by atoms with Crippen LogP contribution in [0.15, 0.2) is 28.6 Å². The zero-order valence-electron chi connectivity index (χ0n) is 12.6. The van der Waals surface area contributed by atoms with E-state index in [1.807, 2.05) is 12.3 Å². The van der Waals surface area contributed by atoms with Crippen LogP contribution in [0.25, 0.3) is 0 Å². The molecule has 0 amide bonds. The molecule has 3 rings (SSSR count). The van der Waals surface area contributed by atoms with Crippen LogP contribution in [0.3, 0.4) is 0 Å². The maximum Gasteiger partial charge on any atom is 0.193 e. The lowest BCUT2D eigenvalue weighted by molar-refractivity contribution is 0.687. The summed E-state index contributed by atoms with van der Waals surface area (Å²) in [6.45, 7) is 2.52. The van der Waals surface area contributed by atoms with E-state index in [-0.39, 0.29) is 24.0 Å². The molecule has 4 nitrogen and oxygen atoms in total. The smallest absolute Gasteiger partial charge is 0.193 e. The van der Waals surface area contributed by atoms with Crippen molar-refractivity contribution in [1.29, 1.82) is 0 Å². The first-order valence-corrected chi connectivity index (χ1v) is 8.19. The SMILES string of the molecule is Cc1csc(CN=C(N)Nc2cccc3c2CCCC3)n1.I. The molecule has 1 aliphatic rings. The minimum Gasteiger partial charge on any atom is -0.370 e. The van der Waals surface area contributed by atoms with Crippen LogP contribution in [0.1, 0.15) is 34.7 Å². The molecule has 3 N–H and O–H groups in total. The number of anilines is 1. The van der Waals surface area contributed by atoms with Gasteiger partial charge in [0, 0.05) is 16.8 Å². The standard InChI is InChI=1S/C16H20N4S.HI/c1-11-10-21-15(19-11)9-18-16(17)20-14-8-4-6-12-5-2-3-7-13(12)14;/h4,6,8,10H,2-3,5,7,9H2,1H3,(H3,17,18,20);1H. The van der Waals surface area contributed by atoms with Crippen molar-refractivity contribution in [2.24, 2.45) is 10.7 Å². The third kappa shape index (κ3) is 4.19. The average molecular weight is 428 g/mol. The second kappa shape index (κ2) is 7.92. The van der Waals surface area contributed by atoms with E-state index in [4.69, 9.17) is 5.73 Å². The molecule has 1 aromatic heterocycles. The van der Waals surface area contributed by atoms with Gasteiger partial charge in [-0.15, -0.1) is 35.3 Å². The molecule has 6 heteroatoms. The van der Waals surface area contributed by atoms with E-state index < -0.39 is 0 Å². The Morgan fingerprint density at radius 1 is 1.36 bits per heavy atom. The Morgan fingerprint density at radius 3 is 2.95 bits per heavy atom. The average Bonchev–Trinajstić information content (AvgIpc) is 2.91. The van der Waals surface area contributed by atoms with Crippen LogP contribution in [0.2, 0.25) is 0 Å². The summed E-state index contributed by atoms with van der Waals surface area (Å²) in [6.07, 6.45) is 4.82. The first-order valence-electron chi connectivity index (χ1n) is 7.31. The normalized spacial score (nSPS) is 14.1. The van der Waals surface area contributed by atoms with Crippen molar-refractivity contribution in [3.05, 3.63) is 45.4 Å². The Balaban J connectivity index is 0.00000176. The first-order chi connectivity index (χ1) is 10.2. The van der Waals surface area contributed by atoms with Gasteiger partial charge in [-0.25, -0.2) is 9.98 Å². The Kier molecular flexibility index (Phi) is 6.19. The number of guanidine groups is 1. The largest absolute Gasteiger partial charge is 0.370 e. The molecular formula is C16H21IN4S. The highest BCUT2D eigenvalue weighted by Gasteiger charge is 2.13. The topological polar surface area (TPSA) is 63.3 Å². The van der Waals surface area contributed by atoms with E-state index in [1.165, 1.54) is 30.4 Å². The summed E-state index contributed by atoms with van der Waals surface area (Å²) in [4.78, 5) is 8.77. The van der Waals surface area contributed by atoms with Gasteiger partial charge in [-0.05, 0) is 49.8 Å². The molecule has 0 atom stereocenters. The fourth-order valence-electron chi connectivity index (χ4n) is 2.70. The van der Waals surface area contributed by atoms with E-state index in [1.54, 1.807) is 11.3 Å². The third-order valence-electron chi connectivity index (χ3n) is 3.71. The summed E-state index contributed by atoms with van der Waals surface area (Å²) in [5, 5.41) is 6.27. The highest BCUT2D eigenvalue weighted by molar-refractivity contribution is 14.0. The van der Waals surface area contributed by atoms with E-state index in [2.05, 4.69) is 33.5 Å². The van der Waals surface area contributed by atoms with Crippen LogP contribution in [0.5, 0.6) is 0 Å². The molecule has 0 fully saturated rings. The van der Waals surface area contributed by atoms with E-state index in [9.17, 15) is 0 Å². The Hall–Kier alpha value is -1.15. The van der Waals surface area contributed by atoms with Gasteiger partial charge in [0.15, 0.2) is 5.96 Å². The van der Waals surface area contributed by atoms with Crippen LogP contribution in [-0.4, -0.2) is 10.9 Å². The number of hydrogen-bond acceptors (Lipinski definition) is 3. The van der Waals surface area contributed by atoms with E-state index >= 15 is 0 Å². The monoisotopic (exact) mass is 428 g/mol. The number of nitrogens with two attached hydrogens (primary N) is 1. The fourth-order valence-corrected chi connectivity index (χ4v) is 3.40. The van der Waals surface area contributed by atoms with Crippen molar-refractivity contribution in [2.45, 2.75) is 39.2 Å². The van der Waals surface area contributed by atoms with Crippen molar-refractivity contribution in [3.63, 3.8) is 0 Å². The first kappa shape index (κ1) is 17.2. The van der Waals surface area contributed by atoms with Gasteiger partial charge in [0.2, 0.25) is 0 Å². The zero-order chi connectivity index (χ0) is 14.7. The lowest BCUT2D eigenvalue weighted by Gasteiger charge is -2.19. The number of thiazole rings is 1. The molecule has 0 saturated carbocycles. The number of nitrogens with zero attached hydrogens (tertiary/aromatic N) is 2. The Bertz CT molecular complexity index is 666. The van der Waals surface area contributed by atoms with Gasteiger partial charge < -0.3 is 11.1 Å². The summed E-state index contributed by atoms with van der Waals surface area (Å²) in [5.41, 5.74) is 11.0. The van der Waals surface area contributed by atoms with Gasteiger partial charge in [-0.2, -0.15) is 0 Å². The molecule has 0 saturated heterocycles. The van der Waals surface area contributed by atoms with Crippen LogP contribution < -0.4 is 11.1 Å². The number of halogens is 1. The van der Waals surface area contributed by atoms with Crippen molar-refractivity contribution >= 4 is 47.0 Å². The van der Waals surface area contributed by atoms with Crippen LogP contribution >= 0.6 is 35.3 Å². The number of rotatable bonds is 3.